The van der Waals surface area contributed by atoms with Gasteiger partial charge >= 0.3 is 5.97 Å². The lowest BCUT2D eigenvalue weighted by atomic mass is 10.2. The number of aromatic nitrogens is 2. The van der Waals surface area contributed by atoms with Gasteiger partial charge in [-0.2, -0.15) is 4.72 Å². The van der Waals surface area contributed by atoms with Gasteiger partial charge in [0.2, 0.25) is 0 Å². The number of imidazole rings is 1. The van der Waals surface area contributed by atoms with Gasteiger partial charge in [-0.3, -0.25) is 4.79 Å². The third-order valence-corrected chi connectivity index (χ3v) is 3.87. The number of carbonyl (C=O) groups excluding carboxylic acids is 1. The second kappa shape index (κ2) is 5.53. The fourth-order valence-electron chi connectivity index (χ4n) is 1.39. The maximum Gasteiger partial charge on any atom is 0.324 e. The van der Waals surface area contributed by atoms with Crippen molar-refractivity contribution in [3.63, 3.8) is 0 Å². The summed E-state index contributed by atoms with van der Waals surface area (Å²) in [5.41, 5.74) is -0.668. The lowest BCUT2D eigenvalue weighted by Crippen LogP contribution is -2.42. The Morgan fingerprint density at radius 2 is 2.00 bits per heavy atom. The average molecular weight is 303 g/mol. The van der Waals surface area contributed by atoms with E-state index in [0.29, 0.717) is 5.82 Å². The smallest absolute Gasteiger partial charge is 0.324 e. The van der Waals surface area contributed by atoms with Crippen molar-refractivity contribution in [2.45, 2.75) is 51.3 Å². The molecule has 1 heterocycles. The Kier molecular flexibility index (Phi) is 4.60. The van der Waals surface area contributed by atoms with Crippen LogP contribution in [-0.4, -0.2) is 35.6 Å². The van der Waals surface area contributed by atoms with E-state index in [0.717, 1.165) is 0 Å². The molecule has 0 radical (unpaired) electrons. The highest BCUT2D eigenvalue weighted by molar-refractivity contribution is 7.89. The Bertz CT molecular complexity index is 579. The number of esters is 1. The minimum atomic E-state index is -3.84. The van der Waals surface area contributed by atoms with E-state index in [1.165, 1.54) is 13.1 Å². The average Bonchev–Trinajstić information content (AvgIpc) is 2.57. The van der Waals surface area contributed by atoms with E-state index in [9.17, 15) is 13.2 Å². The Morgan fingerprint density at radius 3 is 2.40 bits per heavy atom. The minimum absolute atomic E-state index is 0.118. The molecular weight excluding hydrogens is 282 g/mol. The van der Waals surface area contributed by atoms with Crippen molar-refractivity contribution in [1.29, 1.82) is 0 Å². The molecule has 0 saturated heterocycles. The lowest BCUT2D eigenvalue weighted by Gasteiger charge is -2.22. The first-order valence-corrected chi connectivity index (χ1v) is 7.66. The van der Waals surface area contributed by atoms with E-state index in [1.54, 1.807) is 39.3 Å². The molecule has 0 aromatic carbocycles. The monoisotopic (exact) mass is 303 g/mol. The first kappa shape index (κ1) is 16.6. The maximum atomic E-state index is 12.1. The van der Waals surface area contributed by atoms with E-state index < -0.39 is 27.6 Å². The third-order valence-electron chi connectivity index (χ3n) is 2.45. The number of hydrogen-bond acceptors (Lipinski definition) is 5. The molecule has 0 aliphatic rings. The molecule has 1 N–H and O–H groups in total. The predicted octanol–water partition coefficient (Wildman–Crippen LogP) is 0.737. The van der Waals surface area contributed by atoms with Crippen LogP contribution in [0.1, 0.15) is 33.5 Å². The first-order chi connectivity index (χ1) is 8.92. The largest absolute Gasteiger partial charge is 0.459 e. The molecule has 0 spiro atoms. The molecule has 114 valence electrons. The van der Waals surface area contributed by atoms with Crippen LogP contribution in [0, 0.1) is 6.92 Å². The molecule has 0 aliphatic carbocycles. The lowest BCUT2D eigenvalue weighted by molar-refractivity contribution is -0.156. The predicted molar refractivity (Wildman–Crippen MR) is 73.6 cm³/mol. The molecule has 0 fully saturated rings. The quantitative estimate of drug-likeness (QED) is 0.828. The Hall–Kier alpha value is -1.41. The second-order valence-corrected chi connectivity index (χ2v) is 7.27. The number of nitrogens with zero attached hydrogens (tertiary/aromatic N) is 2. The van der Waals surface area contributed by atoms with Gasteiger partial charge in [0.1, 0.15) is 17.5 Å². The number of hydrogen-bond donors (Lipinski definition) is 1. The van der Waals surface area contributed by atoms with Gasteiger partial charge in [0.25, 0.3) is 10.0 Å². The summed E-state index contributed by atoms with van der Waals surface area (Å²) in [6.45, 7) is 8.27. The van der Waals surface area contributed by atoms with Crippen molar-refractivity contribution in [2.24, 2.45) is 7.05 Å². The van der Waals surface area contributed by atoms with E-state index in [1.807, 2.05) is 0 Å². The Balaban J connectivity index is 2.83. The van der Waals surface area contributed by atoms with Crippen molar-refractivity contribution < 1.29 is 17.9 Å². The molecule has 0 amide bonds. The van der Waals surface area contributed by atoms with Crippen LogP contribution in [0.25, 0.3) is 0 Å². The summed E-state index contributed by atoms with van der Waals surface area (Å²) in [6, 6.07) is -0.985. The number of nitrogens with one attached hydrogen (secondary N) is 1. The van der Waals surface area contributed by atoms with Crippen LogP contribution in [0.3, 0.4) is 0 Å². The Morgan fingerprint density at radius 1 is 1.45 bits per heavy atom. The summed E-state index contributed by atoms with van der Waals surface area (Å²) in [6.07, 6.45) is 1.39. The molecule has 7 nitrogen and oxygen atoms in total. The van der Waals surface area contributed by atoms with Crippen molar-refractivity contribution in [1.82, 2.24) is 14.3 Å². The zero-order valence-corrected chi connectivity index (χ0v) is 13.4. The van der Waals surface area contributed by atoms with Crippen LogP contribution in [0.5, 0.6) is 0 Å². The topological polar surface area (TPSA) is 90.3 Å². The number of aryl methyl sites for hydroxylation is 2. The van der Waals surface area contributed by atoms with Crippen LogP contribution in [0.4, 0.5) is 0 Å². The van der Waals surface area contributed by atoms with Gasteiger partial charge in [0, 0.05) is 13.2 Å². The zero-order chi connectivity index (χ0) is 15.7. The summed E-state index contributed by atoms with van der Waals surface area (Å²) >= 11 is 0. The summed E-state index contributed by atoms with van der Waals surface area (Å²) < 4.78 is 33.1. The van der Waals surface area contributed by atoms with Crippen molar-refractivity contribution in [3.8, 4) is 0 Å². The summed E-state index contributed by atoms with van der Waals surface area (Å²) in [7, 11) is -2.15. The molecular formula is C12H21N3O4S. The second-order valence-electron chi connectivity index (χ2n) is 5.61. The normalized spacial score (nSPS) is 14.1. The van der Waals surface area contributed by atoms with Gasteiger partial charge in [-0.25, -0.2) is 13.4 Å². The molecule has 1 rings (SSSR count). The van der Waals surface area contributed by atoms with Gasteiger partial charge in [-0.05, 0) is 34.6 Å². The molecule has 0 saturated carbocycles. The van der Waals surface area contributed by atoms with Crippen molar-refractivity contribution >= 4 is 16.0 Å². The molecule has 1 atom stereocenters. The number of rotatable bonds is 4. The number of carbonyl (C=O) groups is 1. The highest BCUT2D eigenvalue weighted by Gasteiger charge is 2.27. The van der Waals surface area contributed by atoms with E-state index in [2.05, 4.69) is 9.71 Å². The van der Waals surface area contributed by atoms with Gasteiger partial charge in [0.15, 0.2) is 5.03 Å². The fraction of sp³-hybridized carbons (Fsp3) is 0.667. The van der Waals surface area contributed by atoms with Crippen molar-refractivity contribution in [2.75, 3.05) is 0 Å². The molecule has 1 aromatic heterocycles. The highest BCUT2D eigenvalue weighted by atomic mass is 32.2. The third kappa shape index (κ3) is 4.31. The molecule has 20 heavy (non-hydrogen) atoms. The molecule has 8 heteroatoms. The Labute approximate surface area is 119 Å². The van der Waals surface area contributed by atoms with Gasteiger partial charge in [-0.15, -0.1) is 0 Å². The van der Waals surface area contributed by atoms with Gasteiger partial charge < -0.3 is 9.30 Å². The van der Waals surface area contributed by atoms with Crippen LogP contribution in [0.15, 0.2) is 11.2 Å². The van der Waals surface area contributed by atoms with Crippen LogP contribution >= 0.6 is 0 Å². The molecule has 0 bridgehead atoms. The molecule has 0 unspecified atom stereocenters. The first-order valence-electron chi connectivity index (χ1n) is 6.17. The van der Waals surface area contributed by atoms with Crippen LogP contribution < -0.4 is 4.72 Å². The van der Waals surface area contributed by atoms with Gasteiger partial charge in [-0.1, -0.05) is 0 Å². The fourth-order valence-corrected chi connectivity index (χ4v) is 2.62. The summed E-state index contributed by atoms with van der Waals surface area (Å²) in [4.78, 5) is 15.7. The highest BCUT2D eigenvalue weighted by Crippen LogP contribution is 2.11. The zero-order valence-electron chi connectivity index (χ0n) is 12.6. The van der Waals surface area contributed by atoms with E-state index in [4.69, 9.17) is 4.74 Å². The minimum Gasteiger partial charge on any atom is -0.459 e. The maximum absolute atomic E-state index is 12.1. The van der Waals surface area contributed by atoms with Crippen LogP contribution in [0.2, 0.25) is 0 Å². The van der Waals surface area contributed by atoms with Crippen molar-refractivity contribution in [3.05, 3.63) is 12.0 Å². The number of sulfonamides is 1. The molecule has 1 aromatic rings. The standard InChI is InChI=1S/C12H21N3O4S/c1-8(11(16)19-12(3,4)5)14-20(17,18)10-7-15(6)9(2)13-10/h7-8,14H,1-6H3/t8-/m1/s1. The van der Waals surface area contributed by atoms with E-state index in [-0.39, 0.29) is 5.03 Å². The molecule has 0 aliphatic heterocycles. The number of ether oxygens (including phenoxy) is 1. The van der Waals surface area contributed by atoms with Crippen LogP contribution in [-0.2, 0) is 26.6 Å². The van der Waals surface area contributed by atoms with E-state index >= 15 is 0 Å². The summed E-state index contributed by atoms with van der Waals surface area (Å²) in [5, 5.41) is -0.118. The summed E-state index contributed by atoms with van der Waals surface area (Å²) in [5.74, 6) is -0.0657. The van der Waals surface area contributed by atoms with Gasteiger partial charge in [0.05, 0.1) is 0 Å². The SMILES string of the molecule is Cc1nc(S(=O)(=O)N[C@H](C)C(=O)OC(C)(C)C)cn1C.